The van der Waals surface area contributed by atoms with Crippen molar-refractivity contribution in [2.45, 2.75) is 57.7 Å². The molecular formula is C25H32BrN3O4S. The number of carbonyl (C=O) groups excluding carboxylic acids is 2. The lowest BCUT2D eigenvalue weighted by Gasteiger charge is -2.33. The van der Waals surface area contributed by atoms with E-state index in [1.807, 2.05) is 30.3 Å². The van der Waals surface area contributed by atoms with E-state index in [2.05, 4.69) is 21.2 Å². The van der Waals surface area contributed by atoms with E-state index < -0.39 is 28.5 Å². The van der Waals surface area contributed by atoms with Crippen molar-refractivity contribution in [2.24, 2.45) is 0 Å². The quantitative estimate of drug-likeness (QED) is 0.510. The molecule has 2 amide bonds. The van der Waals surface area contributed by atoms with Gasteiger partial charge < -0.3 is 10.2 Å². The van der Waals surface area contributed by atoms with Gasteiger partial charge in [0.15, 0.2) is 0 Å². The Morgan fingerprint density at radius 1 is 1.06 bits per heavy atom. The van der Waals surface area contributed by atoms with E-state index in [0.29, 0.717) is 10.2 Å². The Labute approximate surface area is 210 Å². The molecule has 184 valence electrons. The number of hydrogen-bond acceptors (Lipinski definition) is 4. The average Bonchev–Trinajstić information content (AvgIpc) is 2.81. The lowest BCUT2D eigenvalue weighted by molar-refractivity contribution is -0.139. The minimum atomic E-state index is -3.74. The molecule has 3 rings (SSSR count). The van der Waals surface area contributed by atoms with Crippen LogP contribution in [0.1, 0.15) is 44.6 Å². The predicted octanol–water partition coefficient (Wildman–Crippen LogP) is 4.08. The van der Waals surface area contributed by atoms with Gasteiger partial charge in [0.25, 0.3) is 0 Å². The molecular weight excluding hydrogens is 518 g/mol. The first-order valence-electron chi connectivity index (χ1n) is 11.5. The van der Waals surface area contributed by atoms with Gasteiger partial charge in [0.2, 0.25) is 21.8 Å². The van der Waals surface area contributed by atoms with E-state index in [0.717, 1.165) is 41.8 Å². The number of carbonyl (C=O) groups is 2. The standard InChI is InChI=1S/C25H32BrN3O4S/c1-19(25(31)27-22-13-7-4-8-14-22)28(17-20-10-5-3-6-11-20)24(30)18-29(34(2,32)33)23-15-9-12-21(26)16-23/h3,5-6,9-12,15-16,19,22H,4,7-8,13-14,17-18H2,1-2H3,(H,27,31)/t19-/m0/s1. The molecule has 1 aliphatic rings. The smallest absolute Gasteiger partial charge is 0.244 e. The van der Waals surface area contributed by atoms with Gasteiger partial charge in [-0.25, -0.2) is 8.42 Å². The van der Waals surface area contributed by atoms with Gasteiger partial charge in [0, 0.05) is 17.1 Å². The zero-order valence-electron chi connectivity index (χ0n) is 19.6. The Hall–Kier alpha value is -2.39. The molecule has 0 radical (unpaired) electrons. The van der Waals surface area contributed by atoms with Crippen LogP contribution in [0.3, 0.4) is 0 Å². The average molecular weight is 551 g/mol. The summed E-state index contributed by atoms with van der Waals surface area (Å²) in [6, 6.07) is 15.5. The van der Waals surface area contributed by atoms with Gasteiger partial charge in [-0.1, -0.05) is 71.6 Å². The molecule has 0 heterocycles. The minimum Gasteiger partial charge on any atom is -0.352 e. The number of nitrogens with one attached hydrogen (secondary N) is 1. The van der Waals surface area contributed by atoms with Crippen LogP contribution < -0.4 is 9.62 Å². The second-order valence-corrected chi connectivity index (χ2v) is 11.6. The highest BCUT2D eigenvalue weighted by Crippen LogP contribution is 2.23. The molecule has 9 heteroatoms. The van der Waals surface area contributed by atoms with Crippen LogP contribution in [0.5, 0.6) is 0 Å². The molecule has 2 aromatic carbocycles. The Morgan fingerprint density at radius 2 is 1.74 bits per heavy atom. The zero-order valence-corrected chi connectivity index (χ0v) is 22.0. The lowest BCUT2D eigenvalue weighted by atomic mass is 9.95. The van der Waals surface area contributed by atoms with Crippen LogP contribution in [-0.4, -0.2) is 50.0 Å². The van der Waals surface area contributed by atoms with Crippen molar-refractivity contribution in [2.75, 3.05) is 17.1 Å². The fourth-order valence-electron chi connectivity index (χ4n) is 4.18. The summed E-state index contributed by atoms with van der Waals surface area (Å²) in [5, 5.41) is 3.09. The molecule has 1 saturated carbocycles. The molecule has 1 N–H and O–H groups in total. The maximum atomic E-state index is 13.5. The van der Waals surface area contributed by atoms with Crippen molar-refractivity contribution in [1.29, 1.82) is 0 Å². The largest absolute Gasteiger partial charge is 0.352 e. The third-order valence-electron chi connectivity index (χ3n) is 6.09. The van der Waals surface area contributed by atoms with Crippen molar-refractivity contribution in [3.63, 3.8) is 0 Å². The summed E-state index contributed by atoms with van der Waals surface area (Å²) in [5.41, 5.74) is 1.24. The van der Waals surface area contributed by atoms with Crippen molar-refractivity contribution >= 4 is 43.5 Å². The van der Waals surface area contributed by atoms with Crippen molar-refractivity contribution in [3.8, 4) is 0 Å². The molecule has 2 aromatic rings. The molecule has 1 atom stereocenters. The third kappa shape index (κ3) is 7.30. The monoisotopic (exact) mass is 549 g/mol. The highest BCUT2D eigenvalue weighted by molar-refractivity contribution is 9.10. The maximum Gasteiger partial charge on any atom is 0.244 e. The molecule has 0 aliphatic heterocycles. The summed E-state index contributed by atoms with van der Waals surface area (Å²) in [7, 11) is -3.74. The first-order valence-corrected chi connectivity index (χ1v) is 14.2. The van der Waals surface area contributed by atoms with Gasteiger partial charge in [-0.05, 0) is 43.5 Å². The molecule has 0 saturated heterocycles. The Morgan fingerprint density at radius 3 is 2.35 bits per heavy atom. The van der Waals surface area contributed by atoms with Gasteiger partial charge >= 0.3 is 0 Å². The fraction of sp³-hybridized carbons (Fsp3) is 0.440. The van der Waals surface area contributed by atoms with Crippen LogP contribution in [0.25, 0.3) is 0 Å². The molecule has 0 bridgehead atoms. The molecule has 0 unspecified atom stereocenters. The van der Waals surface area contributed by atoms with E-state index in [-0.39, 0.29) is 18.5 Å². The number of halogens is 1. The van der Waals surface area contributed by atoms with Crippen molar-refractivity contribution in [3.05, 3.63) is 64.6 Å². The van der Waals surface area contributed by atoms with Crippen LogP contribution in [0, 0.1) is 0 Å². The van der Waals surface area contributed by atoms with Gasteiger partial charge in [-0.15, -0.1) is 0 Å². The number of nitrogens with zero attached hydrogens (tertiary/aromatic N) is 2. The Balaban J connectivity index is 1.84. The summed E-state index contributed by atoms with van der Waals surface area (Å²) in [4.78, 5) is 28.1. The zero-order chi connectivity index (χ0) is 24.7. The molecule has 1 aliphatic carbocycles. The summed E-state index contributed by atoms with van der Waals surface area (Å²) in [6.45, 7) is 1.50. The van der Waals surface area contributed by atoms with Gasteiger partial charge in [-0.3, -0.25) is 13.9 Å². The van der Waals surface area contributed by atoms with Crippen LogP contribution in [0.15, 0.2) is 59.1 Å². The minimum absolute atomic E-state index is 0.117. The van der Waals surface area contributed by atoms with Crippen molar-refractivity contribution < 1.29 is 18.0 Å². The molecule has 1 fully saturated rings. The van der Waals surface area contributed by atoms with Crippen LogP contribution >= 0.6 is 15.9 Å². The summed E-state index contributed by atoms with van der Waals surface area (Å²) >= 11 is 3.36. The van der Waals surface area contributed by atoms with E-state index >= 15 is 0 Å². The highest BCUT2D eigenvalue weighted by Gasteiger charge is 2.31. The van der Waals surface area contributed by atoms with Crippen LogP contribution in [0.2, 0.25) is 0 Å². The van der Waals surface area contributed by atoms with E-state index in [1.54, 1.807) is 31.2 Å². The van der Waals surface area contributed by atoms with E-state index in [9.17, 15) is 18.0 Å². The Kier molecular flexibility index (Phi) is 9.13. The summed E-state index contributed by atoms with van der Waals surface area (Å²) in [6.07, 6.45) is 6.30. The molecule has 7 nitrogen and oxygen atoms in total. The van der Waals surface area contributed by atoms with Crippen LogP contribution in [0.4, 0.5) is 5.69 Å². The number of rotatable bonds is 9. The van der Waals surface area contributed by atoms with Gasteiger partial charge in [-0.2, -0.15) is 0 Å². The van der Waals surface area contributed by atoms with Gasteiger partial charge in [0.1, 0.15) is 12.6 Å². The number of benzene rings is 2. The SMILES string of the molecule is C[C@@H](C(=O)NC1CCCCC1)N(Cc1ccccc1)C(=O)CN(c1cccc(Br)c1)S(C)(=O)=O. The fourth-order valence-corrected chi connectivity index (χ4v) is 5.41. The first-order chi connectivity index (χ1) is 16.1. The topological polar surface area (TPSA) is 86.8 Å². The number of sulfonamides is 1. The summed E-state index contributed by atoms with van der Waals surface area (Å²) in [5.74, 6) is -0.662. The predicted molar refractivity (Wildman–Crippen MR) is 138 cm³/mol. The number of anilines is 1. The van der Waals surface area contributed by atoms with E-state index in [1.165, 1.54) is 11.3 Å². The molecule has 34 heavy (non-hydrogen) atoms. The maximum absolute atomic E-state index is 13.5. The van der Waals surface area contributed by atoms with Crippen molar-refractivity contribution in [1.82, 2.24) is 10.2 Å². The second-order valence-electron chi connectivity index (χ2n) is 8.78. The lowest BCUT2D eigenvalue weighted by Crippen LogP contribution is -2.52. The molecule has 0 spiro atoms. The summed E-state index contributed by atoms with van der Waals surface area (Å²) < 4.78 is 26.9. The second kappa shape index (κ2) is 11.8. The first kappa shape index (κ1) is 26.2. The normalized spacial score (nSPS) is 15.4. The Bertz CT molecular complexity index is 1090. The number of amides is 2. The van der Waals surface area contributed by atoms with Gasteiger partial charge in [0.05, 0.1) is 11.9 Å². The molecule has 0 aromatic heterocycles. The van der Waals surface area contributed by atoms with E-state index in [4.69, 9.17) is 0 Å². The number of hydrogen-bond donors (Lipinski definition) is 1. The van der Waals surface area contributed by atoms with Crippen LogP contribution in [-0.2, 0) is 26.2 Å². The highest BCUT2D eigenvalue weighted by atomic mass is 79.9. The third-order valence-corrected chi connectivity index (χ3v) is 7.72.